The van der Waals surface area contributed by atoms with Crippen molar-refractivity contribution in [2.24, 2.45) is 0 Å². The van der Waals surface area contributed by atoms with Crippen molar-refractivity contribution in [2.45, 2.75) is 30.8 Å². The monoisotopic (exact) mass is 445 g/mol. The van der Waals surface area contributed by atoms with Crippen molar-refractivity contribution in [3.8, 4) is 11.1 Å². The molecule has 0 unspecified atom stereocenters. The Balaban J connectivity index is 1.39. The summed E-state index contributed by atoms with van der Waals surface area (Å²) in [5, 5.41) is 10.2. The van der Waals surface area contributed by atoms with Gasteiger partial charge in [0.25, 0.3) is 5.91 Å². The number of benzene rings is 2. The summed E-state index contributed by atoms with van der Waals surface area (Å²) in [6.07, 6.45) is 5.47. The Kier molecular flexibility index (Phi) is 6.20. The van der Waals surface area contributed by atoms with Gasteiger partial charge in [-0.25, -0.2) is 4.39 Å². The zero-order valence-electron chi connectivity index (χ0n) is 18.5. The largest absolute Gasteiger partial charge is 0.395 e. The fourth-order valence-corrected chi connectivity index (χ4v) is 5.36. The average Bonchev–Trinajstić information content (AvgIpc) is 2.83. The van der Waals surface area contributed by atoms with E-state index in [0.29, 0.717) is 18.7 Å². The fourth-order valence-electron chi connectivity index (χ4n) is 5.36. The first-order valence-corrected chi connectivity index (χ1v) is 11.6. The molecule has 0 saturated carbocycles. The van der Waals surface area contributed by atoms with E-state index in [2.05, 4.69) is 34.1 Å². The fraction of sp³-hybridized carbons (Fsp3) is 0.333. The lowest BCUT2D eigenvalue weighted by molar-refractivity contribution is -0.0606. The van der Waals surface area contributed by atoms with Crippen LogP contribution in [0.25, 0.3) is 11.1 Å². The molecule has 1 amide bonds. The van der Waals surface area contributed by atoms with E-state index in [4.69, 9.17) is 0 Å². The summed E-state index contributed by atoms with van der Waals surface area (Å²) >= 11 is 0. The molecule has 33 heavy (non-hydrogen) atoms. The zero-order valence-corrected chi connectivity index (χ0v) is 18.5. The van der Waals surface area contributed by atoms with Gasteiger partial charge in [0.1, 0.15) is 5.82 Å². The number of fused-ring (bicyclic) bond motifs is 1. The van der Waals surface area contributed by atoms with Gasteiger partial charge >= 0.3 is 0 Å². The number of amides is 1. The molecule has 1 aromatic heterocycles. The lowest BCUT2D eigenvalue weighted by Gasteiger charge is -2.57. The average molecular weight is 446 g/mol. The highest BCUT2D eigenvalue weighted by molar-refractivity contribution is 5.94. The molecule has 0 aliphatic carbocycles. The molecular formula is C27H28FN3O2. The third kappa shape index (κ3) is 4.28. The van der Waals surface area contributed by atoms with Crippen molar-refractivity contribution >= 4 is 5.91 Å². The summed E-state index contributed by atoms with van der Waals surface area (Å²) in [7, 11) is 0. The molecule has 3 atom stereocenters. The second-order valence-electron chi connectivity index (χ2n) is 8.91. The van der Waals surface area contributed by atoms with Crippen LogP contribution in [0, 0.1) is 5.82 Å². The predicted octanol–water partition coefficient (Wildman–Crippen LogP) is 3.95. The normalized spacial score (nSPS) is 23.2. The number of aliphatic hydroxyl groups is 1. The summed E-state index contributed by atoms with van der Waals surface area (Å²) in [5.74, 6) is -0.390. The molecule has 1 N–H and O–H groups in total. The van der Waals surface area contributed by atoms with Crippen molar-refractivity contribution in [3.63, 3.8) is 0 Å². The maximum absolute atomic E-state index is 13.7. The van der Waals surface area contributed by atoms with Crippen LogP contribution in [0.1, 0.15) is 34.7 Å². The van der Waals surface area contributed by atoms with E-state index >= 15 is 0 Å². The molecule has 3 aromatic rings. The molecule has 3 heterocycles. The van der Waals surface area contributed by atoms with Crippen LogP contribution in [0.3, 0.4) is 0 Å². The van der Waals surface area contributed by atoms with Crippen molar-refractivity contribution in [3.05, 3.63) is 90.0 Å². The van der Waals surface area contributed by atoms with Crippen LogP contribution in [0.5, 0.6) is 0 Å². The molecule has 5 rings (SSSR count). The predicted molar refractivity (Wildman–Crippen MR) is 125 cm³/mol. The molecule has 5 nitrogen and oxygen atoms in total. The number of rotatable bonds is 4. The molecule has 0 bridgehead atoms. The molecular weight excluding hydrogens is 417 g/mol. The van der Waals surface area contributed by atoms with Crippen LogP contribution in [-0.2, 0) is 0 Å². The molecule has 0 spiro atoms. The smallest absolute Gasteiger partial charge is 0.254 e. The Morgan fingerprint density at radius 3 is 2.58 bits per heavy atom. The highest BCUT2D eigenvalue weighted by Gasteiger charge is 2.49. The number of aliphatic hydroxyl groups excluding tert-OH is 1. The van der Waals surface area contributed by atoms with Crippen LogP contribution in [-0.4, -0.2) is 64.1 Å². The minimum Gasteiger partial charge on any atom is -0.395 e. The third-order valence-electron chi connectivity index (χ3n) is 7.02. The van der Waals surface area contributed by atoms with E-state index in [1.54, 1.807) is 18.3 Å². The van der Waals surface area contributed by atoms with Crippen LogP contribution in [0.2, 0.25) is 0 Å². The van der Waals surface area contributed by atoms with Gasteiger partial charge in [-0.15, -0.1) is 0 Å². The maximum atomic E-state index is 13.7. The van der Waals surface area contributed by atoms with Gasteiger partial charge in [-0.05, 0) is 60.3 Å². The molecule has 6 heteroatoms. The Morgan fingerprint density at radius 1 is 1.03 bits per heavy atom. The van der Waals surface area contributed by atoms with E-state index in [-0.39, 0.29) is 30.5 Å². The zero-order chi connectivity index (χ0) is 22.8. The van der Waals surface area contributed by atoms with Gasteiger partial charge < -0.3 is 10.0 Å². The Hall–Kier alpha value is -3.09. The number of carbonyl (C=O) groups is 1. The molecule has 0 radical (unpaired) electrons. The summed E-state index contributed by atoms with van der Waals surface area (Å²) in [4.78, 5) is 21.6. The maximum Gasteiger partial charge on any atom is 0.254 e. The summed E-state index contributed by atoms with van der Waals surface area (Å²) < 4.78 is 13.7. The Morgan fingerprint density at radius 2 is 1.85 bits per heavy atom. The molecule has 2 aliphatic rings. The van der Waals surface area contributed by atoms with Gasteiger partial charge in [-0.2, -0.15) is 0 Å². The van der Waals surface area contributed by atoms with Crippen LogP contribution >= 0.6 is 0 Å². The third-order valence-corrected chi connectivity index (χ3v) is 7.02. The van der Waals surface area contributed by atoms with E-state index in [9.17, 15) is 14.3 Å². The van der Waals surface area contributed by atoms with Crippen LogP contribution in [0.15, 0.2) is 73.1 Å². The Bertz CT molecular complexity index is 1110. The quantitative estimate of drug-likeness (QED) is 0.661. The van der Waals surface area contributed by atoms with E-state index < -0.39 is 5.82 Å². The Labute approximate surface area is 193 Å². The van der Waals surface area contributed by atoms with Crippen molar-refractivity contribution in [1.29, 1.82) is 0 Å². The molecule has 2 aliphatic heterocycles. The van der Waals surface area contributed by atoms with Gasteiger partial charge in [0.2, 0.25) is 0 Å². The van der Waals surface area contributed by atoms with Gasteiger partial charge in [0, 0.05) is 49.0 Å². The van der Waals surface area contributed by atoms with Gasteiger partial charge in [-0.1, -0.05) is 36.4 Å². The van der Waals surface area contributed by atoms with Gasteiger partial charge in [-0.3, -0.25) is 14.7 Å². The SMILES string of the molecule is O=C(c1cccc(F)c1)N1CCCCN2[C@H](CO)[C@H](c3ccc(-c4cccnc4)cc3)[C@@H]2C1. The minimum absolute atomic E-state index is 0.0449. The van der Waals surface area contributed by atoms with Crippen molar-refractivity contribution in [2.75, 3.05) is 26.2 Å². The number of aromatic nitrogens is 1. The first-order chi connectivity index (χ1) is 16.2. The molecule has 2 fully saturated rings. The van der Waals surface area contributed by atoms with Crippen LogP contribution < -0.4 is 0 Å². The minimum atomic E-state index is -0.398. The summed E-state index contributed by atoms with van der Waals surface area (Å²) in [6, 6.07) is 18.5. The first-order valence-electron chi connectivity index (χ1n) is 11.6. The lowest BCUT2D eigenvalue weighted by atomic mass is 9.74. The molecule has 170 valence electrons. The van der Waals surface area contributed by atoms with Gasteiger partial charge in [0.15, 0.2) is 0 Å². The second-order valence-corrected chi connectivity index (χ2v) is 8.91. The number of nitrogens with zero attached hydrogens (tertiary/aromatic N) is 3. The van der Waals surface area contributed by atoms with Crippen molar-refractivity contribution < 1.29 is 14.3 Å². The topological polar surface area (TPSA) is 56.7 Å². The number of hydrogen-bond donors (Lipinski definition) is 1. The molecule has 2 aromatic carbocycles. The summed E-state index contributed by atoms with van der Waals surface area (Å²) in [5.41, 5.74) is 3.72. The van der Waals surface area contributed by atoms with Crippen molar-refractivity contribution in [1.82, 2.24) is 14.8 Å². The number of carbonyl (C=O) groups excluding carboxylic acids is 1. The highest BCUT2D eigenvalue weighted by atomic mass is 19.1. The van der Waals surface area contributed by atoms with E-state index in [1.807, 2.05) is 23.2 Å². The number of hydrogen-bond acceptors (Lipinski definition) is 4. The standard InChI is InChI=1S/C27H28FN3O2/c28-23-7-3-5-21(15-23)27(33)30-13-1-2-14-31-24(17-30)26(25(31)18-32)20-10-8-19(9-11-20)22-6-4-12-29-16-22/h3-12,15-16,24-26,32H,1-2,13-14,17-18H2/t24-,25+,26+/m0/s1. The summed E-state index contributed by atoms with van der Waals surface area (Å²) in [6.45, 7) is 2.24. The van der Waals surface area contributed by atoms with E-state index in [1.165, 1.54) is 17.7 Å². The van der Waals surface area contributed by atoms with Gasteiger partial charge in [0.05, 0.1) is 6.61 Å². The van der Waals surface area contributed by atoms with Crippen LogP contribution in [0.4, 0.5) is 4.39 Å². The van der Waals surface area contributed by atoms with E-state index in [0.717, 1.165) is 30.5 Å². The second kappa shape index (κ2) is 9.41. The highest BCUT2D eigenvalue weighted by Crippen LogP contribution is 2.42. The first kappa shape index (κ1) is 21.7. The molecule has 2 saturated heterocycles. The lowest BCUT2D eigenvalue weighted by Crippen LogP contribution is -2.67. The number of pyridine rings is 1. The number of halogens is 1.